The van der Waals surface area contributed by atoms with Crippen molar-refractivity contribution in [3.63, 3.8) is 0 Å². The SMILES string of the molecule is COCCN(C)S(=O)(=O)CCCSc1nc2ccccc2s1. The van der Waals surface area contributed by atoms with Gasteiger partial charge >= 0.3 is 0 Å². The van der Waals surface area contributed by atoms with Crippen molar-refractivity contribution in [2.24, 2.45) is 0 Å². The first-order valence-electron chi connectivity index (χ1n) is 6.94. The number of likely N-dealkylation sites (N-methyl/N-ethyl adjacent to an activating group) is 1. The number of thioether (sulfide) groups is 1. The van der Waals surface area contributed by atoms with Crippen LogP contribution in [-0.4, -0.2) is 56.5 Å². The molecule has 8 heteroatoms. The molecule has 0 N–H and O–H groups in total. The predicted octanol–water partition coefficient (Wildman–Crippen LogP) is 2.69. The molecule has 1 heterocycles. The second kappa shape index (κ2) is 8.26. The van der Waals surface area contributed by atoms with Gasteiger partial charge in [0.15, 0.2) is 4.34 Å². The number of hydrogen-bond donors (Lipinski definition) is 0. The second-order valence-corrected chi connectivity index (χ2v) is 9.35. The van der Waals surface area contributed by atoms with E-state index in [0.717, 1.165) is 20.3 Å². The highest BCUT2D eigenvalue weighted by Crippen LogP contribution is 2.29. The summed E-state index contributed by atoms with van der Waals surface area (Å²) in [4.78, 5) is 4.53. The number of ether oxygens (including phenoxy) is 1. The summed E-state index contributed by atoms with van der Waals surface area (Å²) in [6, 6.07) is 8.01. The molecule has 0 radical (unpaired) electrons. The van der Waals surface area contributed by atoms with Gasteiger partial charge in [-0.15, -0.1) is 11.3 Å². The lowest BCUT2D eigenvalue weighted by Crippen LogP contribution is -2.32. The number of thiazole rings is 1. The van der Waals surface area contributed by atoms with Gasteiger partial charge in [0, 0.05) is 26.5 Å². The monoisotopic (exact) mass is 360 g/mol. The molecule has 1 aromatic heterocycles. The Bertz CT molecular complexity index is 667. The summed E-state index contributed by atoms with van der Waals surface area (Å²) >= 11 is 3.26. The lowest BCUT2D eigenvalue weighted by molar-refractivity contribution is 0.185. The van der Waals surface area contributed by atoms with E-state index in [0.29, 0.717) is 19.6 Å². The minimum absolute atomic E-state index is 0.158. The first kappa shape index (κ1) is 17.7. The molecule has 0 aliphatic heterocycles. The Labute approximate surface area is 139 Å². The Morgan fingerprint density at radius 1 is 1.36 bits per heavy atom. The molecule has 0 unspecified atom stereocenters. The summed E-state index contributed by atoms with van der Waals surface area (Å²) in [6.07, 6.45) is 0.611. The third-order valence-electron chi connectivity index (χ3n) is 3.13. The van der Waals surface area contributed by atoms with Gasteiger partial charge < -0.3 is 4.74 Å². The summed E-state index contributed by atoms with van der Waals surface area (Å²) in [6.45, 7) is 0.806. The number of sulfonamides is 1. The number of fused-ring (bicyclic) bond motifs is 1. The van der Waals surface area contributed by atoms with Crippen LogP contribution < -0.4 is 0 Å². The van der Waals surface area contributed by atoms with Gasteiger partial charge in [0.05, 0.1) is 22.6 Å². The van der Waals surface area contributed by atoms with Gasteiger partial charge in [-0.05, 0) is 18.6 Å². The lowest BCUT2D eigenvalue weighted by atomic mass is 10.3. The van der Waals surface area contributed by atoms with Crippen molar-refractivity contribution >= 4 is 43.3 Å². The average Bonchev–Trinajstić information content (AvgIpc) is 2.91. The van der Waals surface area contributed by atoms with E-state index in [1.54, 1.807) is 37.3 Å². The highest BCUT2D eigenvalue weighted by atomic mass is 32.2. The van der Waals surface area contributed by atoms with Crippen molar-refractivity contribution in [1.82, 2.24) is 9.29 Å². The molecule has 0 saturated heterocycles. The van der Waals surface area contributed by atoms with E-state index >= 15 is 0 Å². The molecule has 5 nitrogen and oxygen atoms in total. The Morgan fingerprint density at radius 3 is 2.86 bits per heavy atom. The number of methoxy groups -OCH3 is 1. The number of benzene rings is 1. The smallest absolute Gasteiger partial charge is 0.213 e. The van der Waals surface area contributed by atoms with Crippen molar-refractivity contribution in [1.29, 1.82) is 0 Å². The third-order valence-corrected chi connectivity index (χ3v) is 7.33. The van der Waals surface area contributed by atoms with Crippen LogP contribution in [0.25, 0.3) is 10.2 Å². The van der Waals surface area contributed by atoms with Gasteiger partial charge in [0.1, 0.15) is 0 Å². The Kier molecular flexibility index (Phi) is 6.64. The first-order valence-corrected chi connectivity index (χ1v) is 10.4. The van der Waals surface area contributed by atoms with Crippen molar-refractivity contribution < 1.29 is 13.2 Å². The highest BCUT2D eigenvalue weighted by Gasteiger charge is 2.17. The minimum atomic E-state index is -3.19. The van der Waals surface area contributed by atoms with Crippen LogP contribution in [0.15, 0.2) is 28.6 Å². The first-order chi connectivity index (χ1) is 10.5. The van der Waals surface area contributed by atoms with Gasteiger partial charge in [-0.25, -0.2) is 17.7 Å². The predicted molar refractivity (Wildman–Crippen MR) is 93.3 cm³/mol. The zero-order valence-corrected chi connectivity index (χ0v) is 15.1. The molecule has 0 aliphatic rings. The summed E-state index contributed by atoms with van der Waals surface area (Å²) < 4.78 is 32.5. The molecular formula is C14H20N2O3S3. The summed E-state index contributed by atoms with van der Waals surface area (Å²) in [7, 11) is -0.0317. The maximum absolute atomic E-state index is 12.0. The Hall–Kier alpha value is -0.670. The average molecular weight is 361 g/mol. The fourth-order valence-electron chi connectivity index (χ4n) is 1.83. The second-order valence-electron chi connectivity index (χ2n) is 4.78. The van der Waals surface area contributed by atoms with Crippen LogP contribution in [0, 0.1) is 0 Å². The van der Waals surface area contributed by atoms with Gasteiger partial charge in [-0.2, -0.15) is 0 Å². The maximum Gasteiger partial charge on any atom is 0.213 e. The molecule has 22 heavy (non-hydrogen) atoms. The minimum Gasteiger partial charge on any atom is -0.383 e. The van der Waals surface area contributed by atoms with Gasteiger partial charge in [-0.1, -0.05) is 23.9 Å². The Balaban J connectivity index is 1.78. The van der Waals surface area contributed by atoms with E-state index < -0.39 is 10.0 Å². The molecule has 0 saturated carbocycles. The molecule has 122 valence electrons. The van der Waals surface area contributed by atoms with E-state index in [1.807, 2.05) is 24.3 Å². The molecule has 0 atom stereocenters. The molecule has 2 aromatic rings. The molecule has 1 aromatic carbocycles. The van der Waals surface area contributed by atoms with Crippen LogP contribution in [0.1, 0.15) is 6.42 Å². The topological polar surface area (TPSA) is 59.5 Å². The summed E-state index contributed by atoms with van der Waals surface area (Å²) in [5.41, 5.74) is 1.00. The standard InChI is InChI=1S/C14H20N2O3S3/c1-16(8-9-19-2)22(17,18)11-5-10-20-14-15-12-6-3-4-7-13(12)21-14/h3-4,6-7H,5,8-11H2,1-2H3. The normalized spacial score (nSPS) is 12.3. The number of para-hydroxylation sites is 1. The van der Waals surface area contributed by atoms with Crippen molar-refractivity contribution in [2.45, 2.75) is 10.8 Å². The van der Waals surface area contributed by atoms with E-state index in [9.17, 15) is 8.42 Å². The van der Waals surface area contributed by atoms with Crippen LogP contribution in [0.5, 0.6) is 0 Å². The largest absolute Gasteiger partial charge is 0.383 e. The zero-order chi connectivity index (χ0) is 16.0. The number of rotatable bonds is 9. The summed E-state index contributed by atoms with van der Waals surface area (Å²) in [5, 5.41) is 0. The maximum atomic E-state index is 12.0. The molecule has 0 bridgehead atoms. The van der Waals surface area contributed by atoms with Crippen LogP contribution in [-0.2, 0) is 14.8 Å². The quantitative estimate of drug-likeness (QED) is 0.508. The van der Waals surface area contributed by atoms with Gasteiger partial charge in [-0.3, -0.25) is 0 Å². The third kappa shape index (κ3) is 4.92. The van der Waals surface area contributed by atoms with E-state index in [4.69, 9.17) is 4.74 Å². The van der Waals surface area contributed by atoms with E-state index in [2.05, 4.69) is 4.98 Å². The van der Waals surface area contributed by atoms with Crippen LogP contribution >= 0.6 is 23.1 Å². The molecule has 0 aliphatic carbocycles. The molecule has 2 rings (SSSR count). The fraction of sp³-hybridized carbons (Fsp3) is 0.500. The molecular weight excluding hydrogens is 340 g/mol. The number of hydrogen-bond acceptors (Lipinski definition) is 6. The van der Waals surface area contributed by atoms with E-state index in [1.165, 1.54) is 4.31 Å². The summed E-state index contributed by atoms with van der Waals surface area (Å²) in [5.74, 6) is 0.905. The Morgan fingerprint density at radius 2 is 2.14 bits per heavy atom. The van der Waals surface area contributed by atoms with Crippen molar-refractivity contribution in [3.8, 4) is 0 Å². The lowest BCUT2D eigenvalue weighted by Gasteiger charge is -2.16. The van der Waals surface area contributed by atoms with Crippen LogP contribution in [0.2, 0.25) is 0 Å². The van der Waals surface area contributed by atoms with Crippen molar-refractivity contribution in [3.05, 3.63) is 24.3 Å². The number of aromatic nitrogens is 1. The number of nitrogens with zero attached hydrogens (tertiary/aromatic N) is 2. The van der Waals surface area contributed by atoms with Crippen LogP contribution in [0.3, 0.4) is 0 Å². The van der Waals surface area contributed by atoms with Gasteiger partial charge in [0.25, 0.3) is 0 Å². The van der Waals surface area contributed by atoms with E-state index in [-0.39, 0.29) is 5.75 Å². The van der Waals surface area contributed by atoms with Crippen molar-refractivity contribution in [2.75, 3.05) is 38.8 Å². The molecule has 0 spiro atoms. The van der Waals surface area contributed by atoms with Gasteiger partial charge in [0.2, 0.25) is 10.0 Å². The highest BCUT2D eigenvalue weighted by molar-refractivity contribution is 8.01. The molecule has 0 amide bonds. The van der Waals surface area contributed by atoms with Crippen LogP contribution in [0.4, 0.5) is 0 Å². The fourth-order valence-corrected chi connectivity index (χ4v) is 5.26. The molecule has 0 fully saturated rings. The zero-order valence-electron chi connectivity index (χ0n) is 12.7.